The third-order valence-corrected chi connectivity index (χ3v) is 2.29. The van der Waals surface area contributed by atoms with Crippen molar-refractivity contribution in [1.29, 1.82) is 0 Å². The minimum Gasteiger partial charge on any atom is -0.463 e. The molecule has 2 nitrogen and oxygen atoms in total. The maximum atomic E-state index is 11.5. The summed E-state index contributed by atoms with van der Waals surface area (Å²) < 4.78 is 5.01. The number of hydrogen-bond donors (Lipinski definition) is 0. The van der Waals surface area contributed by atoms with Gasteiger partial charge in [-0.1, -0.05) is 39.2 Å². The van der Waals surface area contributed by atoms with Gasteiger partial charge in [0.1, 0.15) is 0 Å². The highest BCUT2D eigenvalue weighted by Gasteiger charge is 2.08. The highest BCUT2D eigenvalue weighted by Crippen LogP contribution is 2.12. The highest BCUT2D eigenvalue weighted by atomic mass is 16.5. The van der Waals surface area contributed by atoms with Crippen LogP contribution in [0.15, 0.2) is 11.6 Å². The lowest BCUT2D eigenvalue weighted by molar-refractivity contribution is -0.138. The van der Waals surface area contributed by atoms with Gasteiger partial charge >= 0.3 is 5.97 Å². The third-order valence-electron chi connectivity index (χ3n) is 2.29. The molecule has 88 valence electrons. The van der Waals surface area contributed by atoms with Crippen LogP contribution in [0.1, 0.15) is 59.3 Å². The minimum absolute atomic E-state index is 0.129. The van der Waals surface area contributed by atoms with Crippen molar-refractivity contribution in [3.8, 4) is 0 Å². The first kappa shape index (κ1) is 14.2. The predicted octanol–water partition coefficient (Wildman–Crippen LogP) is 3.86. The van der Waals surface area contributed by atoms with Crippen molar-refractivity contribution in [3.05, 3.63) is 11.6 Å². The molecule has 0 heterocycles. The first-order valence-electron chi connectivity index (χ1n) is 6.12. The van der Waals surface area contributed by atoms with Crippen molar-refractivity contribution >= 4 is 5.97 Å². The zero-order valence-corrected chi connectivity index (χ0v) is 10.3. The summed E-state index contributed by atoms with van der Waals surface area (Å²) in [5.74, 6) is -0.129. The Hall–Kier alpha value is -0.790. The zero-order valence-electron chi connectivity index (χ0n) is 10.3. The van der Waals surface area contributed by atoms with E-state index in [1.165, 1.54) is 19.3 Å². The lowest BCUT2D eigenvalue weighted by atomic mass is 10.1. The van der Waals surface area contributed by atoms with Crippen molar-refractivity contribution in [1.82, 2.24) is 0 Å². The SMILES string of the molecule is CCC=C(CCCCCC)C(=O)OCC. The number of unbranched alkanes of at least 4 members (excludes halogenated alkanes) is 3. The Morgan fingerprint density at radius 3 is 2.40 bits per heavy atom. The van der Waals surface area contributed by atoms with Crippen LogP contribution in [0.5, 0.6) is 0 Å². The van der Waals surface area contributed by atoms with E-state index >= 15 is 0 Å². The summed E-state index contributed by atoms with van der Waals surface area (Å²) >= 11 is 0. The molecule has 0 radical (unpaired) electrons. The Labute approximate surface area is 93.7 Å². The van der Waals surface area contributed by atoms with Crippen molar-refractivity contribution in [2.75, 3.05) is 6.61 Å². The second-order valence-electron chi connectivity index (χ2n) is 3.67. The molecule has 0 aliphatic heterocycles. The standard InChI is InChI=1S/C13H24O2/c1-4-7-8-9-11-12(10-5-2)13(14)15-6-3/h10H,4-9,11H2,1-3H3. The molecule has 0 amide bonds. The van der Waals surface area contributed by atoms with Gasteiger partial charge in [0.2, 0.25) is 0 Å². The number of esters is 1. The lowest BCUT2D eigenvalue weighted by Crippen LogP contribution is -2.07. The van der Waals surface area contributed by atoms with E-state index in [4.69, 9.17) is 4.74 Å². The summed E-state index contributed by atoms with van der Waals surface area (Å²) in [6, 6.07) is 0. The average molecular weight is 212 g/mol. The van der Waals surface area contributed by atoms with Crippen LogP contribution in [0.25, 0.3) is 0 Å². The van der Waals surface area contributed by atoms with E-state index in [1.807, 2.05) is 19.9 Å². The quantitative estimate of drug-likeness (QED) is 0.347. The number of rotatable bonds is 8. The molecule has 0 saturated heterocycles. The monoisotopic (exact) mass is 212 g/mol. The highest BCUT2D eigenvalue weighted by molar-refractivity contribution is 5.88. The van der Waals surface area contributed by atoms with Crippen LogP contribution >= 0.6 is 0 Å². The molecule has 15 heavy (non-hydrogen) atoms. The fourth-order valence-electron chi connectivity index (χ4n) is 1.50. The van der Waals surface area contributed by atoms with Gasteiger partial charge in [-0.05, 0) is 26.2 Å². The number of carbonyl (C=O) groups excluding carboxylic acids is 1. The average Bonchev–Trinajstić information content (AvgIpc) is 2.23. The molecule has 0 atom stereocenters. The maximum Gasteiger partial charge on any atom is 0.333 e. The fourth-order valence-corrected chi connectivity index (χ4v) is 1.50. The van der Waals surface area contributed by atoms with E-state index in [-0.39, 0.29) is 5.97 Å². The Kier molecular flexibility index (Phi) is 9.24. The Morgan fingerprint density at radius 2 is 1.87 bits per heavy atom. The van der Waals surface area contributed by atoms with Gasteiger partial charge in [-0.2, -0.15) is 0 Å². The predicted molar refractivity (Wildman–Crippen MR) is 63.8 cm³/mol. The van der Waals surface area contributed by atoms with E-state index in [0.717, 1.165) is 24.8 Å². The molecular formula is C13H24O2. The molecule has 0 aliphatic carbocycles. The van der Waals surface area contributed by atoms with Gasteiger partial charge in [0.25, 0.3) is 0 Å². The number of carbonyl (C=O) groups is 1. The zero-order chi connectivity index (χ0) is 11.5. The van der Waals surface area contributed by atoms with Crippen molar-refractivity contribution in [2.45, 2.75) is 59.3 Å². The van der Waals surface area contributed by atoms with Crippen molar-refractivity contribution < 1.29 is 9.53 Å². The van der Waals surface area contributed by atoms with Crippen LogP contribution < -0.4 is 0 Å². The molecule has 0 aliphatic rings. The smallest absolute Gasteiger partial charge is 0.333 e. The normalized spacial score (nSPS) is 11.5. The van der Waals surface area contributed by atoms with Gasteiger partial charge in [0.05, 0.1) is 6.61 Å². The summed E-state index contributed by atoms with van der Waals surface area (Å²) in [5, 5.41) is 0. The molecule has 0 unspecified atom stereocenters. The molecule has 0 aromatic rings. The number of allylic oxidation sites excluding steroid dienone is 1. The number of hydrogen-bond acceptors (Lipinski definition) is 2. The summed E-state index contributed by atoms with van der Waals surface area (Å²) in [5.41, 5.74) is 0.857. The molecule has 0 fully saturated rings. The van der Waals surface area contributed by atoms with Gasteiger partial charge in [-0.3, -0.25) is 0 Å². The molecule has 0 saturated carbocycles. The van der Waals surface area contributed by atoms with Crippen molar-refractivity contribution in [3.63, 3.8) is 0 Å². The molecule has 0 aromatic heterocycles. The summed E-state index contributed by atoms with van der Waals surface area (Å²) in [4.78, 5) is 11.5. The van der Waals surface area contributed by atoms with E-state index in [2.05, 4.69) is 6.92 Å². The molecule has 0 aromatic carbocycles. The second-order valence-corrected chi connectivity index (χ2v) is 3.67. The molecule has 0 bridgehead atoms. The molecular weight excluding hydrogens is 188 g/mol. The number of ether oxygens (including phenoxy) is 1. The van der Waals surface area contributed by atoms with Gasteiger partial charge in [0.15, 0.2) is 0 Å². The first-order valence-corrected chi connectivity index (χ1v) is 6.12. The van der Waals surface area contributed by atoms with Crippen LogP contribution in [0.4, 0.5) is 0 Å². The van der Waals surface area contributed by atoms with Gasteiger partial charge in [0, 0.05) is 5.57 Å². The molecule has 0 N–H and O–H groups in total. The minimum atomic E-state index is -0.129. The largest absolute Gasteiger partial charge is 0.463 e. The van der Waals surface area contributed by atoms with Gasteiger partial charge in [-0.15, -0.1) is 0 Å². The van der Waals surface area contributed by atoms with Crippen LogP contribution in [0, 0.1) is 0 Å². The topological polar surface area (TPSA) is 26.3 Å². The van der Waals surface area contributed by atoms with Gasteiger partial charge in [-0.25, -0.2) is 4.79 Å². The summed E-state index contributed by atoms with van der Waals surface area (Å²) in [6.45, 7) is 6.55. The van der Waals surface area contributed by atoms with E-state index in [1.54, 1.807) is 0 Å². The summed E-state index contributed by atoms with van der Waals surface area (Å²) in [7, 11) is 0. The Balaban J connectivity index is 3.94. The van der Waals surface area contributed by atoms with Crippen LogP contribution in [0.3, 0.4) is 0 Å². The maximum absolute atomic E-state index is 11.5. The third kappa shape index (κ3) is 7.18. The fraction of sp³-hybridized carbons (Fsp3) is 0.769. The Morgan fingerprint density at radius 1 is 1.13 bits per heavy atom. The Bertz CT molecular complexity index is 195. The van der Waals surface area contributed by atoms with Crippen LogP contribution in [-0.4, -0.2) is 12.6 Å². The van der Waals surface area contributed by atoms with E-state index in [0.29, 0.717) is 6.61 Å². The lowest BCUT2D eigenvalue weighted by Gasteiger charge is -2.06. The molecule has 0 rings (SSSR count). The van der Waals surface area contributed by atoms with Crippen molar-refractivity contribution in [2.24, 2.45) is 0 Å². The van der Waals surface area contributed by atoms with Crippen LogP contribution in [0.2, 0.25) is 0 Å². The van der Waals surface area contributed by atoms with Gasteiger partial charge < -0.3 is 4.74 Å². The van der Waals surface area contributed by atoms with Crippen LogP contribution in [-0.2, 0) is 9.53 Å². The molecule has 0 spiro atoms. The molecule has 2 heteroatoms. The van der Waals surface area contributed by atoms with E-state index in [9.17, 15) is 4.79 Å². The second kappa shape index (κ2) is 9.75. The van der Waals surface area contributed by atoms with E-state index < -0.39 is 0 Å². The first-order chi connectivity index (χ1) is 7.26. The summed E-state index contributed by atoms with van der Waals surface area (Å²) in [6.07, 6.45) is 8.54.